The van der Waals surface area contributed by atoms with E-state index in [0.29, 0.717) is 19.3 Å². The molecule has 0 radical (unpaired) electrons. The van der Waals surface area contributed by atoms with Crippen molar-refractivity contribution >= 4 is 17.9 Å². The molecule has 6 nitrogen and oxygen atoms in total. The first-order valence-electron chi connectivity index (χ1n) is 26.3. The van der Waals surface area contributed by atoms with E-state index in [-0.39, 0.29) is 31.1 Å². The Balaban J connectivity index is 4.39. The lowest BCUT2D eigenvalue weighted by Crippen LogP contribution is -2.30. The highest BCUT2D eigenvalue weighted by Gasteiger charge is 2.19. The fraction of sp³-hybridized carbons (Fsp3) is 0.768. The largest absolute Gasteiger partial charge is 0.462 e. The molecule has 0 aromatic rings. The van der Waals surface area contributed by atoms with Gasteiger partial charge < -0.3 is 14.2 Å². The summed E-state index contributed by atoms with van der Waals surface area (Å²) in [5.41, 5.74) is 0. The third kappa shape index (κ3) is 48.1. The fourth-order valence-corrected chi connectivity index (χ4v) is 7.39. The predicted molar refractivity (Wildman–Crippen MR) is 265 cm³/mol. The molecule has 0 amide bonds. The summed E-state index contributed by atoms with van der Waals surface area (Å²) < 4.78 is 16.8. The Morgan fingerprint density at radius 3 is 1.06 bits per heavy atom. The summed E-state index contributed by atoms with van der Waals surface area (Å²) in [5, 5.41) is 0. The number of rotatable bonds is 47. The minimum atomic E-state index is -0.787. The van der Waals surface area contributed by atoms with Crippen molar-refractivity contribution in [2.45, 2.75) is 264 Å². The van der Waals surface area contributed by atoms with Crippen molar-refractivity contribution in [2.24, 2.45) is 0 Å². The summed E-state index contributed by atoms with van der Waals surface area (Å²) in [4.78, 5) is 38.0. The van der Waals surface area contributed by atoms with Crippen molar-refractivity contribution in [1.82, 2.24) is 0 Å². The molecule has 0 bridgehead atoms. The minimum Gasteiger partial charge on any atom is -0.462 e. The molecule has 0 rings (SSSR count). The second kappa shape index (κ2) is 50.8. The average molecular weight is 867 g/mol. The third-order valence-corrected chi connectivity index (χ3v) is 11.4. The number of carbonyl (C=O) groups excluding carboxylic acids is 3. The zero-order valence-electron chi connectivity index (χ0n) is 40.9. The Hall–Kier alpha value is -2.89. The Labute approximate surface area is 383 Å². The highest BCUT2D eigenvalue weighted by molar-refractivity contribution is 5.71. The normalized spacial score (nSPS) is 12.5. The maximum atomic E-state index is 12.8. The lowest BCUT2D eigenvalue weighted by molar-refractivity contribution is -0.167. The number of esters is 3. The van der Waals surface area contributed by atoms with Gasteiger partial charge in [-0.2, -0.15) is 0 Å². The van der Waals surface area contributed by atoms with Crippen LogP contribution in [-0.2, 0) is 28.6 Å². The number of ether oxygens (including phenoxy) is 3. The van der Waals surface area contributed by atoms with Crippen LogP contribution in [0.15, 0.2) is 60.8 Å². The van der Waals surface area contributed by atoms with Crippen LogP contribution in [0.2, 0.25) is 0 Å². The zero-order valence-corrected chi connectivity index (χ0v) is 40.9. The molecule has 0 saturated carbocycles. The van der Waals surface area contributed by atoms with Gasteiger partial charge >= 0.3 is 17.9 Å². The van der Waals surface area contributed by atoms with Crippen LogP contribution >= 0.6 is 0 Å². The molecule has 0 spiro atoms. The van der Waals surface area contributed by atoms with Gasteiger partial charge in [-0.1, -0.05) is 236 Å². The predicted octanol–water partition coefficient (Wildman–Crippen LogP) is 17.3. The van der Waals surface area contributed by atoms with Gasteiger partial charge in [0.25, 0.3) is 0 Å². The highest BCUT2D eigenvalue weighted by atomic mass is 16.6. The van der Waals surface area contributed by atoms with Gasteiger partial charge in [-0.25, -0.2) is 0 Å². The van der Waals surface area contributed by atoms with Gasteiger partial charge in [-0.15, -0.1) is 0 Å². The van der Waals surface area contributed by atoms with Gasteiger partial charge in [-0.05, 0) is 64.2 Å². The van der Waals surface area contributed by atoms with E-state index in [9.17, 15) is 14.4 Å². The molecule has 358 valence electrons. The van der Waals surface area contributed by atoms with Crippen LogP contribution in [0.4, 0.5) is 0 Å². The number of hydrogen-bond donors (Lipinski definition) is 0. The van der Waals surface area contributed by atoms with Crippen molar-refractivity contribution in [3.8, 4) is 0 Å². The summed E-state index contributed by atoms with van der Waals surface area (Å²) in [5.74, 6) is -0.911. The van der Waals surface area contributed by atoms with Gasteiger partial charge in [0.2, 0.25) is 0 Å². The van der Waals surface area contributed by atoms with Gasteiger partial charge in [0.15, 0.2) is 6.10 Å². The summed E-state index contributed by atoms with van der Waals surface area (Å²) >= 11 is 0. The Morgan fingerprint density at radius 1 is 0.339 bits per heavy atom. The molecule has 0 aromatic carbocycles. The van der Waals surface area contributed by atoms with E-state index in [1.807, 2.05) is 18.2 Å². The van der Waals surface area contributed by atoms with Gasteiger partial charge in [-0.3, -0.25) is 14.4 Å². The Morgan fingerprint density at radius 2 is 0.645 bits per heavy atom. The fourth-order valence-electron chi connectivity index (χ4n) is 7.39. The van der Waals surface area contributed by atoms with E-state index in [1.165, 1.54) is 128 Å². The number of carbonyl (C=O) groups is 3. The van der Waals surface area contributed by atoms with Crippen LogP contribution in [0.3, 0.4) is 0 Å². The van der Waals surface area contributed by atoms with Crippen molar-refractivity contribution in [3.63, 3.8) is 0 Å². The number of allylic oxidation sites excluding steroid dienone is 10. The molecule has 0 aliphatic carbocycles. The van der Waals surface area contributed by atoms with E-state index in [0.717, 1.165) is 89.9 Å². The summed E-state index contributed by atoms with van der Waals surface area (Å²) in [7, 11) is 0. The van der Waals surface area contributed by atoms with Crippen molar-refractivity contribution in [3.05, 3.63) is 60.8 Å². The molecular weight excluding hydrogens is 769 g/mol. The molecule has 0 heterocycles. The zero-order chi connectivity index (χ0) is 45.1. The summed E-state index contributed by atoms with van der Waals surface area (Å²) in [6.07, 6.45) is 62.0. The van der Waals surface area contributed by atoms with E-state index in [4.69, 9.17) is 14.2 Å². The summed E-state index contributed by atoms with van der Waals surface area (Å²) in [6, 6.07) is 0. The van der Waals surface area contributed by atoms with Crippen molar-refractivity contribution in [2.75, 3.05) is 13.2 Å². The minimum absolute atomic E-state index is 0.0846. The van der Waals surface area contributed by atoms with Crippen LogP contribution in [0.1, 0.15) is 258 Å². The lowest BCUT2D eigenvalue weighted by Gasteiger charge is -2.18. The number of hydrogen-bond acceptors (Lipinski definition) is 6. The van der Waals surface area contributed by atoms with Crippen LogP contribution in [-0.4, -0.2) is 37.2 Å². The second-order valence-electron chi connectivity index (χ2n) is 17.5. The smallest absolute Gasteiger partial charge is 0.306 e. The maximum absolute atomic E-state index is 12.8. The van der Waals surface area contributed by atoms with Gasteiger partial charge in [0.05, 0.1) is 0 Å². The Kier molecular flexibility index (Phi) is 48.4. The van der Waals surface area contributed by atoms with E-state index in [2.05, 4.69) is 63.3 Å². The molecule has 1 atom stereocenters. The van der Waals surface area contributed by atoms with Gasteiger partial charge in [0, 0.05) is 19.3 Å². The third-order valence-electron chi connectivity index (χ3n) is 11.4. The quantitative estimate of drug-likeness (QED) is 0.0199. The van der Waals surface area contributed by atoms with Crippen LogP contribution in [0.25, 0.3) is 0 Å². The lowest BCUT2D eigenvalue weighted by atomic mass is 10.0. The van der Waals surface area contributed by atoms with E-state index in [1.54, 1.807) is 0 Å². The SMILES string of the molecule is CC\C=C/C=C\C=C/C=C\CCCCCCCC(=O)OC(COC(=O)CCCCCCC/C=C\CCCCC)COC(=O)CCCCCCCCCCCCCCCCCCC. The highest BCUT2D eigenvalue weighted by Crippen LogP contribution is 2.16. The molecule has 0 saturated heterocycles. The standard InChI is InChI=1S/C56H98O6/c1-4-7-10-13-16-19-22-25-27-28-30-31-34-37-40-43-46-49-55(58)61-52-53(51-60-54(57)48-45-42-39-36-33-24-21-18-15-12-9-6-3)62-56(59)50-47-44-41-38-35-32-29-26-23-20-17-14-11-8-5-2/h8,11,14,17-18,20-21,23,26,29,53H,4-7,9-10,12-13,15-16,19,22,24-25,27-28,30-52H2,1-3H3/b11-8-,17-14-,21-18-,23-20-,29-26-. The Bertz CT molecular complexity index is 1130. The molecule has 0 aromatic heterocycles. The topological polar surface area (TPSA) is 78.9 Å². The molecule has 0 N–H and O–H groups in total. The van der Waals surface area contributed by atoms with Gasteiger partial charge in [0.1, 0.15) is 13.2 Å². The van der Waals surface area contributed by atoms with Crippen molar-refractivity contribution in [1.29, 1.82) is 0 Å². The first-order chi connectivity index (χ1) is 30.5. The monoisotopic (exact) mass is 867 g/mol. The first-order valence-corrected chi connectivity index (χ1v) is 26.3. The second-order valence-corrected chi connectivity index (χ2v) is 17.5. The molecule has 1 unspecified atom stereocenters. The molecular formula is C56H98O6. The van der Waals surface area contributed by atoms with E-state index < -0.39 is 6.10 Å². The average Bonchev–Trinajstić information content (AvgIpc) is 3.27. The molecule has 0 fully saturated rings. The van der Waals surface area contributed by atoms with Crippen LogP contribution in [0, 0.1) is 0 Å². The number of unbranched alkanes of at least 4 members (excludes halogenated alkanes) is 29. The maximum Gasteiger partial charge on any atom is 0.306 e. The molecule has 6 heteroatoms. The molecule has 0 aliphatic heterocycles. The van der Waals surface area contributed by atoms with E-state index >= 15 is 0 Å². The summed E-state index contributed by atoms with van der Waals surface area (Å²) in [6.45, 7) is 6.47. The first kappa shape index (κ1) is 59.1. The molecule has 62 heavy (non-hydrogen) atoms. The van der Waals surface area contributed by atoms with Crippen molar-refractivity contribution < 1.29 is 28.6 Å². The van der Waals surface area contributed by atoms with Crippen LogP contribution < -0.4 is 0 Å². The molecule has 0 aliphatic rings. The van der Waals surface area contributed by atoms with Crippen LogP contribution in [0.5, 0.6) is 0 Å².